The molecular weight excluding hydrogens is 322 g/mol. The highest BCUT2D eigenvalue weighted by atomic mass is 16.7. The maximum Gasteiger partial charge on any atom is 0.225 e. The number of ether oxygens (including phenoxy) is 4. The molecule has 1 atom stereocenters. The molecule has 0 bridgehead atoms. The van der Waals surface area contributed by atoms with E-state index >= 15 is 0 Å². The Morgan fingerprint density at radius 2 is 1.64 bits per heavy atom. The Hall–Kier alpha value is -1.47. The van der Waals surface area contributed by atoms with Crippen molar-refractivity contribution in [3.05, 3.63) is 29.8 Å². The van der Waals surface area contributed by atoms with E-state index in [-0.39, 0.29) is 0 Å². The Kier molecular flexibility index (Phi) is 7.38. The zero-order valence-electron chi connectivity index (χ0n) is 15.6. The lowest BCUT2D eigenvalue weighted by Gasteiger charge is -2.36. The summed E-state index contributed by atoms with van der Waals surface area (Å²) in [4.78, 5) is 14.0. The van der Waals surface area contributed by atoms with E-state index in [1.54, 1.807) is 0 Å². The number of hydrogen-bond donors (Lipinski definition) is 0. The second kappa shape index (κ2) is 9.29. The predicted molar refractivity (Wildman–Crippen MR) is 95.6 cm³/mol. The lowest BCUT2D eigenvalue weighted by Crippen LogP contribution is -2.52. The van der Waals surface area contributed by atoms with Gasteiger partial charge in [0.05, 0.1) is 6.54 Å². The van der Waals surface area contributed by atoms with Gasteiger partial charge in [-0.15, -0.1) is 0 Å². The van der Waals surface area contributed by atoms with Crippen LogP contribution in [0, 0.1) is 0 Å². The number of hydrogen-bond acceptors (Lipinski definition) is 6. The highest BCUT2D eigenvalue weighted by molar-refractivity contribution is 5.76. The monoisotopic (exact) mass is 351 g/mol. The van der Waals surface area contributed by atoms with Gasteiger partial charge >= 0.3 is 0 Å². The minimum absolute atomic E-state index is 0.421. The molecular formula is C19H29NO5. The van der Waals surface area contributed by atoms with E-state index in [1.807, 2.05) is 56.9 Å². The average Bonchev–Trinajstić information content (AvgIpc) is 2.86. The number of nitrogens with zero attached hydrogens (tertiary/aromatic N) is 1. The first-order valence-corrected chi connectivity index (χ1v) is 9.00. The first-order valence-electron chi connectivity index (χ1n) is 9.00. The number of fused-ring (bicyclic) bond motifs is 1. The molecule has 0 aromatic heterocycles. The SMILES string of the molecule is CCOC(CN1c2ccccc2C(OCC)(OCC)C1C=O)OCC. The second-order valence-electron chi connectivity index (χ2n) is 5.62. The molecule has 1 aliphatic rings. The maximum atomic E-state index is 12.1. The molecule has 0 radical (unpaired) electrons. The van der Waals surface area contributed by atoms with Crippen LogP contribution in [0.15, 0.2) is 24.3 Å². The van der Waals surface area contributed by atoms with Crippen molar-refractivity contribution < 1.29 is 23.7 Å². The summed E-state index contributed by atoms with van der Waals surface area (Å²) in [7, 11) is 0. The van der Waals surface area contributed by atoms with Gasteiger partial charge in [-0.1, -0.05) is 18.2 Å². The Morgan fingerprint density at radius 1 is 1.04 bits per heavy atom. The van der Waals surface area contributed by atoms with Gasteiger partial charge in [0.25, 0.3) is 0 Å². The van der Waals surface area contributed by atoms with Crippen LogP contribution in [-0.4, -0.2) is 51.6 Å². The molecule has 0 spiro atoms. The summed E-state index contributed by atoms with van der Waals surface area (Å²) in [5.41, 5.74) is 1.77. The van der Waals surface area contributed by atoms with Crippen LogP contribution in [-0.2, 0) is 29.5 Å². The average molecular weight is 351 g/mol. The van der Waals surface area contributed by atoms with Gasteiger partial charge in [0, 0.05) is 37.7 Å². The largest absolute Gasteiger partial charge is 0.351 e. The lowest BCUT2D eigenvalue weighted by atomic mass is 10.0. The molecule has 1 heterocycles. The van der Waals surface area contributed by atoms with E-state index in [4.69, 9.17) is 18.9 Å². The van der Waals surface area contributed by atoms with Crippen LogP contribution >= 0.6 is 0 Å². The number of anilines is 1. The number of carbonyl (C=O) groups excluding carboxylic acids is 1. The first-order chi connectivity index (χ1) is 12.2. The van der Waals surface area contributed by atoms with E-state index < -0.39 is 18.1 Å². The second-order valence-corrected chi connectivity index (χ2v) is 5.62. The van der Waals surface area contributed by atoms with Crippen molar-refractivity contribution in [3.8, 4) is 0 Å². The molecule has 140 valence electrons. The summed E-state index contributed by atoms with van der Waals surface area (Å²) in [6.07, 6.45) is 0.463. The number of rotatable bonds is 11. The van der Waals surface area contributed by atoms with Gasteiger partial charge in [-0.05, 0) is 33.8 Å². The normalized spacial score (nSPS) is 18.6. The fourth-order valence-electron chi connectivity index (χ4n) is 3.39. The fraction of sp³-hybridized carbons (Fsp3) is 0.632. The number of aldehydes is 1. The van der Waals surface area contributed by atoms with Gasteiger partial charge in [0.15, 0.2) is 6.29 Å². The molecule has 0 aliphatic carbocycles. The van der Waals surface area contributed by atoms with Gasteiger partial charge in [-0.3, -0.25) is 0 Å². The summed E-state index contributed by atoms with van der Waals surface area (Å²) < 4.78 is 23.4. The Labute approximate surface area is 150 Å². The molecule has 2 rings (SSSR count). The van der Waals surface area contributed by atoms with Crippen molar-refractivity contribution in [2.24, 2.45) is 0 Å². The fourth-order valence-corrected chi connectivity index (χ4v) is 3.39. The summed E-state index contributed by atoms with van der Waals surface area (Å²) in [5.74, 6) is -1.11. The summed E-state index contributed by atoms with van der Waals surface area (Å²) in [6, 6.07) is 7.19. The first kappa shape index (κ1) is 19.8. The van der Waals surface area contributed by atoms with Crippen LogP contribution in [0.4, 0.5) is 5.69 Å². The third-order valence-corrected chi connectivity index (χ3v) is 4.21. The van der Waals surface area contributed by atoms with Gasteiger partial charge in [-0.25, -0.2) is 0 Å². The van der Waals surface area contributed by atoms with E-state index in [9.17, 15) is 4.79 Å². The molecule has 6 nitrogen and oxygen atoms in total. The van der Waals surface area contributed by atoms with Crippen molar-refractivity contribution in [2.45, 2.75) is 45.8 Å². The molecule has 0 fully saturated rings. The molecule has 0 saturated heterocycles. The topological polar surface area (TPSA) is 57.2 Å². The van der Waals surface area contributed by atoms with Crippen molar-refractivity contribution in [2.75, 3.05) is 37.9 Å². The van der Waals surface area contributed by atoms with E-state index in [0.29, 0.717) is 33.0 Å². The van der Waals surface area contributed by atoms with E-state index in [1.165, 1.54) is 0 Å². The minimum Gasteiger partial charge on any atom is -0.351 e. The lowest BCUT2D eigenvalue weighted by molar-refractivity contribution is -0.245. The molecule has 1 unspecified atom stereocenters. The molecule has 0 N–H and O–H groups in total. The number of para-hydroxylation sites is 1. The zero-order valence-corrected chi connectivity index (χ0v) is 15.6. The molecule has 1 aliphatic heterocycles. The predicted octanol–water partition coefficient (Wildman–Crippen LogP) is 2.70. The van der Waals surface area contributed by atoms with Gasteiger partial charge < -0.3 is 28.6 Å². The van der Waals surface area contributed by atoms with Gasteiger partial charge in [0.2, 0.25) is 5.79 Å². The summed E-state index contributed by atoms with van der Waals surface area (Å²) >= 11 is 0. The zero-order chi connectivity index (χ0) is 18.3. The molecule has 1 aromatic rings. The number of benzene rings is 1. The maximum absolute atomic E-state index is 12.1. The van der Waals surface area contributed by atoms with Crippen molar-refractivity contribution in [1.82, 2.24) is 0 Å². The highest BCUT2D eigenvalue weighted by Crippen LogP contribution is 2.46. The van der Waals surface area contributed by atoms with Gasteiger partial charge in [0.1, 0.15) is 12.3 Å². The van der Waals surface area contributed by atoms with Crippen LogP contribution in [0.3, 0.4) is 0 Å². The molecule has 0 saturated carbocycles. The van der Waals surface area contributed by atoms with Crippen LogP contribution < -0.4 is 4.90 Å². The summed E-state index contributed by atoms with van der Waals surface area (Å²) in [5, 5.41) is 0. The van der Waals surface area contributed by atoms with Crippen molar-refractivity contribution in [1.29, 1.82) is 0 Å². The highest BCUT2D eigenvalue weighted by Gasteiger charge is 2.53. The third kappa shape index (κ3) is 3.87. The number of carbonyl (C=O) groups is 1. The quantitative estimate of drug-likeness (QED) is 0.451. The molecule has 1 aromatic carbocycles. The summed E-state index contributed by atoms with van der Waals surface area (Å²) in [6.45, 7) is 10.0. The Bertz CT molecular complexity index is 538. The Morgan fingerprint density at radius 3 is 2.16 bits per heavy atom. The Balaban J connectivity index is 2.44. The van der Waals surface area contributed by atoms with Crippen LogP contribution in [0.1, 0.15) is 33.3 Å². The van der Waals surface area contributed by atoms with Crippen LogP contribution in [0.2, 0.25) is 0 Å². The van der Waals surface area contributed by atoms with E-state index in [2.05, 4.69) is 0 Å². The molecule has 25 heavy (non-hydrogen) atoms. The van der Waals surface area contributed by atoms with Crippen LogP contribution in [0.5, 0.6) is 0 Å². The molecule has 0 amide bonds. The standard InChI is InChI=1S/C19H29NO5/c1-5-22-18(23-6-2)13-20-16-12-10-9-11-15(16)19(24-7-3,25-8-4)17(20)14-21/h9-12,14,17-18H,5-8,13H2,1-4H3. The smallest absolute Gasteiger partial charge is 0.225 e. The van der Waals surface area contributed by atoms with Crippen LogP contribution in [0.25, 0.3) is 0 Å². The van der Waals surface area contributed by atoms with Crippen molar-refractivity contribution in [3.63, 3.8) is 0 Å². The molecule has 6 heteroatoms. The van der Waals surface area contributed by atoms with Gasteiger partial charge in [-0.2, -0.15) is 0 Å². The van der Waals surface area contributed by atoms with Crippen molar-refractivity contribution >= 4 is 12.0 Å². The third-order valence-electron chi connectivity index (χ3n) is 4.21. The minimum atomic E-state index is -1.11. The van der Waals surface area contributed by atoms with E-state index in [0.717, 1.165) is 17.5 Å².